The average molecular weight is 369 g/mol. The number of amides is 1. The lowest BCUT2D eigenvalue weighted by Crippen LogP contribution is -2.32. The van der Waals surface area contributed by atoms with Gasteiger partial charge in [0.2, 0.25) is 0 Å². The standard InChI is InChI=1S/C21H23NO5/c1-13-8-7-9-14(2)20(13)26-12-19(24)27-16(4)21(25)22-18-11-6-5-10-17(18)15(3)23/h5-11,16H,12H2,1-4H3,(H,22,25)/t16-/m0/s1. The molecule has 0 aliphatic heterocycles. The second kappa shape index (κ2) is 8.98. The number of ketones is 1. The molecule has 0 aromatic heterocycles. The SMILES string of the molecule is CC(=O)c1ccccc1NC(=O)[C@H](C)OC(=O)COc1c(C)cccc1C. The lowest BCUT2D eigenvalue weighted by molar-refractivity contribution is -0.155. The molecule has 2 aromatic rings. The number of hydrogen-bond donors (Lipinski definition) is 1. The van der Waals surface area contributed by atoms with Crippen molar-refractivity contribution < 1.29 is 23.9 Å². The molecule has 0 heterocycles. The summed E-state index contributed by atoms with van der Waals surface area (Å²) in [5.41, 5.74) is 2.59. The molecule has 1 amide bonds. The summed E-state index contributed by atoms with van der Waals surface area (Å²) in [6.07, 6.45) is -1.03. The van der Waals surface area contributed by atoms with Crippen LogP contribution < -0.4 is 10.1 Å². The molecule has 142 valence electrons. The Hall–Kier alpha value is -3.15. The minimum atomic E-state index is -1.03. The number of carbonyl (C=O) groups excluding carboxylic acids is 3. The zero-order valence-corrected chi connectivity index (χ0v) is 15.9. The van der Waals surface area contributed by atoms with E-state index >= 15 is 0 Å². The number of ether oxygens (including phenoxy) is 2. The van der Waals surface area contributed by atoms with E-state index in [1.807, 2.05) is 32.0 Å². The van der Waals surface area contributed by atoms with Crippen LogP contribution in [-0.4, -0.2) is 30.4 Å². The average Bonchev–Trinajstić information content (AvgIpc) is 2.61. The van der Waals surface area contributed by atoms with Crippen molar-refractivity contribution >= 4 is 23.3 Å². The largest absolute Gasteiger partial charge is 0.481 e. The smallest absolute Gasteiger partial charge is 0.344 e. The number of esters is 1. The first-order chi connectivity index (χ1) is 12.8. The Morgan fingerprint density at radius 2 is 1.63 bits per heavy atom. The molecule has 0 bridgehead atoms. The first kappa shape index (κ1) is 20.2. The molecule has 0 saturated carbocycles. The predicted octanol–water partition coefficient (Wildman–Crippen LogP) is 3.46. The van der Waals surface area contributed by atoms with Crippen LogP contribution in [0.5, 0.6) is 5.75 Å². The molecule has 0 unspecified atom stereocenters. The zero-order chi connectivity index (χ0) is 20.0. The number of anilines is 1. The molecule has 0 spiro atoms. The maximum absolute atomic E-state index is 12.3. The van der Waals surface area contributed by atoms with Gasteiger partial charge in [0, 0.05) is 5.56 Å². The van der Waals surface area contributed by atoms with Gasteiger partial charge >= 0.3 is 5.97 Å². The van der Waals surface area contributed by atoms with Crippen molar-refractivity contribution in [1.29, 1.82) is 0 Å². The van der Waals surface area contributed by atoms with Crippen molar-refractivity contribution in [1.82, 2.24) is 0 Å². The van der Waals surface area contributed by atoms with E-state index in [4.69, 9.17) is 9.47 Å². The Labute approximate surface area is 158 Å². The van der Waals surface area contributed by atoms with Gasteiger partial charge in [-0.1, -0.05) is 30.3 Å². The number of rotatable bonds is 7. The number of hydrogen-bond acceptors (Lipinski definition) is 5. The van der Waals surface area contributed by atoms with E-state index in [0.717, 1.165) is 11.1 Å². The first-order valence-electron chi connectivity index (χ1n) is 8.59. The normalized spacial score (nSPS) is 11.4. The number of benzene rings is 2. The summed E-state index contributed by atoms with van der Waals surface area (Å²) in [5.74, 6) is -0.719. The topological polar surface area (TPSA) is 81.7 Å². The van der Waals surface area contributed by atoms with Gasteiger partial charge in [-0.2, -0.15) is 0 Å². The summed E-state index contributed by atoms with van der Waals surface area (Å²) in [7, 11) is 0. The van der Waals surface area contributed by atoms with Crippen molar-refractivity contribution in [3.05, 3.63) is 59.2 Å². The van der Waals surface area contributed by atoms with Gasteiger partial charge in [0.25, 0.3) is 5.91 Å². The van der Waals surface area contributed by atoms with Crippen LogP contribution in [0.25, 0.3) is 0 Å². The number of nitrogens with one attached hydrogen (secondary N) is 1. The quantitative estimate of drug-likeness (QED) is 0.597. The third-order valence-corrected chi connectivity index (χ3v) is 3.98. The van der Waals surface area contributed by atoms with E-state index in [-0.39, 0.29) is 12.4 Å². The second-order valence-electron chi connectivity index (χ2n) is 6.23. The highest BCUT2D eigenvalue weighted by molar-refractivity contribution is 6.04. The molecule has 1 N–H and O–H groups in total. The van der Waals surface area contributed by atoms with Crippen LogP contribution in [0.3, 0.4) is 0 Å². The van der Waals surface area contributed by atoms with Crippen molar-refractivity contribution in [2.45, 2.75) is 33.8 Å². The molecular formula is C21H23NO5. The van der Waals surface area contributed by atoms with Crippen LogP contribution in [0.2, 0.25) is 0 Å². The molecule has 0 aliphatic carbocycles. The van der Waals surface area contributed by atoms with E-state index in [9.17, 15) is 14.4 Å². The summed E-state index contributed by atoms with van der Waals surface area (Å²) in [6, 6.07) is 12.3. The minimum Gasteiger partial charge on any atom is -0.481 e. The molecule has 0 radical (unpaired) electrons. The van der Waals surface area contributed by atoms with Gasteiger partial charge in [0.15, 0.2) is 18.5 Å². The molecule has 6 nitrogen and oxygen atoms in total. The van der Waals surface area contributed by atoms with Crippen LogP contribution in [-0.2, 0) is 14.3 Å². The third-order valence-electron chi connectivity index (χ3n) is 3.98. The van der Waals surface area contributed by atoms with E-state index in [0.29, 0.717) is 17.0 Å². The van der Waals surface area contributed by atoms with Gasteiger partial charge in [-0.25, -0.2) is 4.79 Å². The van der Waals surface area contributed by atoms with E-state index in [1.165, 1.54) is 13.8 Å². The van der Waals surface area contributed by atoms with Gasteiger partial charge in [-0.15, -0.1) is 0 Å². The molecular weight excluding hydrogens is 346 g/mol. The molecule has 0 fully saturated rings. The van der Waals surface area contributed by atoms with Gasteiger partial charge in [-0.3, -0.25) is 9.59 Å². The zero-order valence-electron chi connectivity index (χ0n) is 15.9. The van der Waals surface area contributed by atoms with Crippen LogP contribution in [0.4, 0.5) is 5.69 Å². The van der Waals surface area contributed by atoms with Crippen molar-refractivity contribution in [2.75, 3.05) is 11.9 Å². The molecule has 0 aliphatic rings. The van der Waals surface area contributed by atoms with Crippen LogP contribution in [0, 0.1) is 13.8 Å². The second-order valence-corrected chi connectivity index (χ2v) is 6.23. The first-order valence-corrected chi connectivity index (χ1v) is 8.59. The molecule has 2 rings (SSSR count). The van der Waals surface area contributed by atoms with E-state index < -0.39 is 18.0 Å². The number of carbonyl (C=O) groups is 3. The van der Waals surface area contributed by atoms with E-state index in [2.05, 4.69) is 5.32 Å². The Kier molecular flexibility index (Phi) is 6.71. The van der Waals surface area contributed by atoms with Gasteiger partial charge in [-0.05, 0) is 51.0 Å². The molecule has 1 atom stereocenters. The lowest BCUT2D eigenvalue weighted by atomic mass is 10.1. The summed E-state index contributed by atoms with van der Waals surface area (Å²) in [4.78, 5) is 35.9. The van der Waals surface area contributed by atoms with Crippen molar-refractivity contribution in [3.63, 3.8) is 0 Å². The fourth-order valence-corrected chi connectivity index (χ4v) is 2.58. The summed E-state index contributed by atoms with van der Waals surface area (Å²) < 4.78 is 10.7. The highest BCUT2D eigenvalue weighted by Gasteiger charge is 2.20. The lowest BCUT2D eigenvalue weighted by Gasteiger charge is -2.16. The maximum Gasteiger partial charge on any atom is 0.344 e. The molecule has 6 heteroatoms. The Morgan fingerprint density at radius 1 is 1.00 bits per heavy atom. The monoisotopic (exact) mass is 369 g/mol. The third kappa shape index (κ3) is 5.41. The molecule has 27 heavy (non-hydrogen) atoms. The van der Waals surface area contributed by atoms with Gasteiger partial charge in [0.05, 0.1) is 5.69 Å². The minimum absolute atomic E-state index is 0.169. The van der Waals surface area contributed by atoms with Gasteiger partial charge < -0.3 is 14.8 Å². The Morgan fingerprint density at radius 3 is 2.26 bits per heavy atom. The molecule has 2 aromatic carbocycles. The van der Waals surface area contributed by atoms with Crippen LogP contribution >= 0.6 is 0 Å². The summed E-state index contributed by atoms with van der Waals surface area (Å²) >= 11 is 0. The van der Waals surface area contributed by atoms with Crippen molar-refractivity contribution in [2.24, 2.45) is 0 Å². The number of Topliss-reactive ketones (excluding diaryl/α,β-unsaturated/α-hetero) is 1. The van der Waals surface area contributed by atoms with Crippen molar-refractivity contribution in [3.8, 4) is 5.75 Å². The number of aryl methyl sites for hydroxylation is 2. The predicted molar refractivity (Wildman–Crippen MR) is 102 cm³/mol. The highest BCUT2D eigenvalue weighted by Crippen LogP contribution is 2.22. The number of para-hydroxylation sites is 2. The Balaban J connectivity index is 1.92. The van der Waals surface area contributed by atoms with E-state index in [1.54, 1.807) is 24.3 Å². The van der Waals surface area contributed by atoms with Crippen LogP contribution in [0.15, 0.2) is 42.5 Å². The molecule has 0 saturated heterocycles. The fourth-order valence-electron chi connectivity index (χ4n) is 2.58. The Bertz CT molecular complexity index is 839. The fraction of sp³-hybridized carbons (Fsp3) is 0.286. The summed E-state index contributed by atoms with van der Waals surface area (Å²) in [5, 5.41) is 2.61. The van der Waals surface area contributed by atoms with Gasteiger partial charge in [0.1, 0.15) is 5.75 Å². The van der Waals surface area contributed by atoms with Crippen LogP contribution in [0.1, 0.15) is 35.3 Å². The summed E-state index contributed by atoms with van der Waals surface area (Å²) in [6.45, 7) is 6.35. The highest BCUT2D eigenvalue weighted by atomic mass is 16.6. The maximum atomic E-state index is 12.3.